The topological polar surface area (TPSA) is 88.0 Å². The highest BCUT2D eigenvalue weighted by Gasteiger charge is 2.50. The predicted octanol–water partition coefficient (Wildman–Crippen LogP) is 0.292. The lowest BCUT2D eigenvalue weighted by molar-refractivity contribution is 0.0346. The first kappa shape index (κ1) is 14.1. The van der Waals surface area contributed by atoms with E-state index in [1.807, 2.05) is 0 Å². The van der Waals surface area contributed by atoms with Crippen LogP contribution in [0.3, 0.4) is 0 Å². The molecule has 1 rings (SSSR count). The molecule has 1 heterocycles. The number of aliphatic hydroxyl groups is 2. The summed E-state index contributed by atoms with van der Waals surface area (Å²) in [6, 6.07) is -0.339. The molecule has 0 aromatic carbocycles. The molecule has 1 aliphatic heterocycles. The molecule has 16 heavy (non-hydrogen) atoms. The SMILES string of the molecule is CCOP(=O)(OCC)[C@@H]1N[C@@H](C)[C@@H](O)[C@H]1O. The van der Waals surface area contributed by atoms with Gasteiger partial charge in [0.05, 0.1) is 19.3 Å². The third-order valence-corrected chi connectivity index (χ3v) is 4.95. The molecule has 4 atom stereocenters. The van der Waals surface area contributed by atoms with E-state index in [-0.39, 0.29) is 19.3 Å². The molecule has 0 bridgehead atoms. The summed E-state index contributed by atoms with van der Waals surface area (Å²) in [5.74, 6) is -0.864. The van der Waals surface area contributed by atoms with Crippen LogP contribution in [0.5, 0.6) is 0 Å². The number of hydrogen-bond donors (Lipinski definition) is 3. The molecule has 1 aliphatic rings. The second kappa shape index (κ2) is 5.58. The van der Waals surface area contributed by atoms with Gasteiger partial charge in [-0.3, -0.25) is 9.88 Å². The van der Waals surface area contributed by atoms with Crippen molar-refractivity contribution >= 4 is 7.60 Å². The van der Waals surface area contributed by atoms with Crippen LogP contribution < -0.4 is 5.32 Å². The number of aliphatic hydroxyl groups excluding tert-OH is 2. The van der Waals surface area contributed by atoms with E-state index in [2.05, 4.69) is 5.32 Å². The Morgan fingerprint density at radius 2 is 1.69 bits per heavy atom. The normalized spacial score (nSPS) is 35.6. The van der Waals surface area contributed by atoms with Gasteiger partial charge in [0.1, 0.15) is 11.9 Å². The van der Waals surface area contributed by atoms with E-state index in [1.54, 1.807) is 20.8 Å². The lowest BCUT2D eigenvalue weighted by Crippen LogP contribution is -2.34. The summed E-state index contributed by atoms with van der Waals surface area (Å²) < 4.78 is 22.6. The molecule has 7 heteroatoms. The summed E-state index contributed by atoms with van der Waals surface area (Å²) >= 11 is 0. The van der Waals surface area contributed by atoms with Gasteiger partial charge in [0, 0.05) is 6.04 Å². The molecule has 96 valence electrons. The largest absolute Gasteiger partial charge is 0.389 e. The number of hydrogen-bond acceptors (Lipinski definition) is 6. The molecule has 1 saturated heterocycles. The van der Waals surface area contributed by atoms with Crippen molar-refractivity contribution in [2.24, 2.45) is 0 Å². The molecule has 0 aliphatic carbocycles. The minimum absolute atomic E-state index is 0.229. The van der Waals surface area contributed by atoms with Crippen molar-refractivity contribution in [2.75, 3.05) is 13.2 Å². The zero-order chi connectivity index (χ0) is 12.3. The Hall–Kier alpha value is 0.0300. The summed E-state index contributed by atoms with van der Waals surface area (Å²) in [7, 11) is -3.42. The lowest BCUT2D eigenvalue weighted by atomic mass is 10.2. The van der Waals surface area contributed by atoms with Gasteiger partial charge in [-0.1, -0.05) is 0 Å². The minimum Gasteiger partial charge on any atom is -0.389 e. The molecular weight excluding hydrogens is 233 g/mol. The fourth-order valence-corrected chi connectivity index (χ4v) is 3.87. The van der Waals surface area contributed by atoms with Gasteiger partial charge in [-0.05, 0) is 20.8 Å². The summed E-state index contributed by atoms with van der Waals surface area (Å²) in [6.07, 6.45) is -2.10. The Morgan fingerprint density at radius 1 is 1.19 bits per heavy atom. The first-order valence-electron chi connectivity index (χ1n) is 5.47. The molecule has 0 saturated carbocycles. The third kappa shape index (κ3) is 2.64. The molecule has 0 amide bonds. The van der Waals surface area contributed by atoms with Crippen LogP contribution >= 0.6 is 7.60 Å². The third-order valence-electron chi connectivity index (χ3n) is 2.58. The van der Waals surface area contributed by atoms with Crippen LogP contribution in [0.4, 0.5) is 0 Å². The van der Waals surface area contributed by atoms with Crippen molar-refractivity contribution in [1.29, 1.82) is 0 Å². The second-order valence-corrected chi connectivity index (χ2v) is 5.91. The average molecular weight is 253 g/mol. The summed E-state index contributed by atoms with van der Waals surface area (Å²) in [5.41, 5.74) is 0. The van der Waals surface area contributed by atoms with Gasteiger partial charge < -0.3 is 19.3 Å². The maximum absolute atomic E-state index is 12.3. The zero-order valence-electron chi connectivity index (χ0n) is 9.79. The predicted molar refractivity (Wildman–Crippen MR) is 59.3 cm³/mol. The van der Waals surface area contributed by atoms with Crippen LogP contribution in [-0.4, -0.2) is 47.5 Å². The summed E-state index contributed by atoms with van der Waals surface area (Å²) in [5, 5.41) is 22.2. The quantitative estimate of drug-likeness (QED) is 0.610. The fraction of sp³-hybridized carbons (Fsp3) is 1.00. The monoisotopic (exact) mass is 253 g/mol. The van der Waals surface area contributed by atoms with Crippen molar-refractivity contribution in [3.05, 3.63) is 0 Å². The van der Waals surface area contributed by atoms with Crippen LogP contribution in [-0.2, 0) is 13.6 Å². The Balaban J connectivity index is 2.84. The minimum atomic E-state index is -3.42. The Morgan fingerprint density at radius 3 is 2.00 bits per heavy atom. The molecule has 0 aromatic rings. The van der Waals surface area contributed by atoms with Gasteiger partial charge >= 0.3 is 7.60 Å². The van der Waals surface area contributed by atoms with E-state index in [1.165, 1.54) is 0 Å². The summed E-state index contributed by atoms with van der Waals surface area (Å²) in [6.45, 7) is 5.56. The van der Waals surface area contributed by atoms with Crippen LogP contribution in [0, 0.1) is 0 Å². The number of rotatable bonds is 5. The Labute approximate surface area is 95.5 Å². The first-order valence-corrected chi connectivity index (χ1v) is 7.08. The van der Waals surface area contributed by atoms with E-state index < -0.39 is 25.6 Å². The average Bonchev–Trinajstić information content (AvgIpc) is 2.47. The van der Waals surface area contributed by atoms with E-state index in [0.29, 0.717) is 0 Å². The van der Waals surface area contributed by atoms with Gasteiger partial charge in [0.2, 0.25) is 0 Å². The molecule has 0 radical (unpaired) electrons. The van der Waals surface area contributed by atoms with Crippen molar-refractivity contribution in [2.45, 2.75) is 44.8 Å². The highest BCUT2D eigenvalue weighted by atomic mass is 31.2. The summed E-state index contributed by atoms with van der Waals surface area (Å²) in [4.78, 5) is 0. The van der Waals surface area contributed by atoms with E-state index in [9.17, 15) is 14.8 Å². The molecular formula is C9H20NO5P. The Kier molecular flexibility index (Phi) is 4.91. The Bertz CT molecular complexity index is 265. The molecule has 0 aromatic heterocycles. The molecule has 1 fully saturated rings. The van der Waals surface area contributed by atoms with E-state index in [4.69, 9.17) is 9.05 Å². The maximum atomic E-state index is 12.3. The lowest BCUT2D eigenvalue weighted by Gasteiger charge is -2.25. The van der Waals surface area contributed by atoms with Crippen LogP contribution in [0.25, 0.3) is 0 Å². The molecule has 3 N–H and O–H groups in total. The maximum Gasteiger partial charge on any atom is 0.350 e. The molecule has 0 unspecified atom stereocenters. The van der Waals surface area contributed by atoms with Gasteiger partial charge in [0.25, 0.3) is 0 Å². The van der Waals surface area contributed by atoms with Gasteiger partial charge in [-0.15, -0.1) is 0 Å². The van der Waals surface area contributed by atoms with E-state index in [0.717, 1.165) is 0 Å². The van der Waals surface area contributed by atoms with Crippen molar-refractivity contribution in [3.63, 3.8) is 0 Å². The van der Waals surface area contributed by atoms with Crippen LogP contribution in [0.2, 0.25) is 0 Å². The highest BCUT2D eigenvalue weighted by Crippen LogP contribution is 2.55. The standard InChI is InChI=1S/C9H20NO5P/c1-4-14-16(13,15-5-2)9-8(12)7(11)6(3)10-9/h6-12H,4-5H2,1-3H3/t6-,7+,8+,9-/m0/s1. The van der Waals surface area contributed by atoms with Crippen molar-refractivity contribution < 1.29 is 23.8 Å². The molecule has 0 spiro atoms. The van der Waals surface area contributed by atoms with Crippen LogP contribution in [0.1, 0.15) is 20.8 Å². The smallest absolute Gasteiger partial charge is 0.350 e. The van der Waals surface area contributed by atoms with Gasteiger partial charge in [-0.2, -0.15) is 0 Å². The second-order valence-electron chi connectivity index (χ2n) is 3.76. The van der Waals surface area contributed by atoms with Crippen LogP contribution in [0.15, 0.2) is 0 Å². The van der Waals surface area contributed by atoms with Crippen molar-refractivity contribution in [1.82, 2.24) is 5.32 Å². The zero-order valence-corrected chi connectivity index (χ0v) is 10.7. The van der Waals surface area contributed by atoms with Gasteiger partial charge in [0.15, 0.2) is 0 Å². The van der Waals surface area contributed by atoms with Gasteiger partial charge in [-0.25, -0.2) is 0 Å². The first-order chi connectivity index (χ1) is 7.46. The molecule has 6 nitrogen and oxygen atoms in total. The van der Waals surface area contributed by atoms with E-state index >= 15 is 0 Å². The number of nitrogens with one attached hydrogen (secondary N) is 1. The highest BCUT2D eigenvalue weighted by molar-refractivity contribution is 7.54. The van der Waals surface area contributed by atoms with Crippen molar-refractivity contribution in [3.8, 4) is 0 Å². The fourth-order valence-electron chi connectivity index (χ4n) is 1.79.